The van der Waals surface area contributed by atoms with Crippen molar-refractivity contribution in [1.82, 2.24) is 10.2 Å². The smallest absolute Gasteiger partial charge is 0.0318 e. The van der Waals surface area contributed by atoms with Crippen LogP contribution in [0.2, 0.25) is 0 Å². The van der Waals surface area contributed by atoms with Gasteiger partial charge in [0.25, 0.3) is 0 Å². The third-order valence-electron chi connectivity index (χ3n) is 4.44. The van der Waals surface area contributed by atoms with Crippen molar-refractivity contribution < 1.29 is 0 Å². The van der Waals surface area contributed by atoms with Gasteiger partial charge in [-0.2, -0.15) is 0 Å². The van der Waals surface area contributed by atoms with Crippen LogP contribution in [0.25, 0.3) is 0 Å². The largest absolute Gasteiger partial charge is 0.308 e. The predicted octanol–water partition coefficient (Wildman–Crippen LogP) is 4.09. The SMILES string of the molecule is CCC(NCC(C(CC)CC)N(C)C)c1ccccc1. The van der Waals surface area contributed by atoms with Crippen molar-refractivity contribution >= 4 is 0 Å². The molecule has 0 aliphatic rings. The van der Waals surface area contributed by atoms with E-state index in [1.165, 1.54) is 18.4 Å². The van der Waals surface area contributed by atoms with Gasteiger partial charge in [-0.1, -0.05) is 63.9 Å². The Labute approximate surface area is 125 Å². The molecule has 0 radical (unpaired) electrons. The van der Waals surface area contributed by atoms with E-state index in [0.29, 0.717) is 12.1 Å². The van der Waals surface area contributed by atoms with E-state index >= 15 is 0 Å². The highest BCUT2D eigenvalue weighted by Gasteiger charge is 2.21. The summed E-state index contributed by atoms with van der Waals surface area (Å²) in [5, 5.41) is 3.77. The first-order valence-corrected chi connectivity index (χ1v) is 8.08. The molecule has 0 fully saturated rings. The van der Waals surface area contributed by atoms with Crippen LogP contribution in [0.15, 0.2) is 30.3 Å². The van der Waals surface area contributed by atoms with Gasteiger partial charge in [0, 0.05) is 18.6 Å². The van der Waals surface area contributed by atoms with Crippen molar-refractivity contribution in [2.24, 2.45) is 5.92 Å². The average Bonchev–Trinajstić information content (AvgIpc) is 2.47. The molecule has 0 heterocycles. The molecule has 1 rings (SSSR count). The Bertz CT molecular complexity index is 344. The Hall–Kier alpha value is -0.860. The Morgan fingerprint density at radius 3 is 2.00 bits per heavy atom. The van der Waals surface area contributed by atoms with Crippen molar-refractivity contribution in [3.8, 4) is 0 Å². The quantitative estimate of drug-likeness (QED) is 0.730. The zero-order valence-electron chi connectivity index (χ0n) is 13.9. The minimum Gasteiger partial charge on any atom is -0.308 e. The third kappa shape index (κ3) is 4.92. The number of hydrogen-bond donors (Lipinski definition) is 1. The molecule has 2 heteroatoms. The molecular formula is C18H32N2. The zero-order chi connectivity index (χ0) is 15.0. The summed E-state index contributed by atoms with van der Waals surface area (Å²) in [6.45, 7) is 7.93. The van der Waals surface area contributed by atoms with Gasteiger partial charge >= 0.3 is 0 Å². The summed E-state index contributed by atoms with van der Waals surface area (Å²) < 4.78 is 0. The molecule has 1 aromatic rings. The normalized spacial score (nSPS) is 14.8. The van der Waals surface area contributed by atoms with E-state index in [1.54, 1.807) is 0 Å². The number of benzene rings is 1. The molecule has 0 aromatic heterocycles. The highest BCUT2D eigenvalue weighted by Crippen LogP contribution is 2.20. The van der Waals surface area contributed by atoms with Crippen molar-refractivity contribution in [3.05, 3.63) is 35.9 Å². The second-order valence-electron chi connectivity index (χ2n) is 5.89. The van der Waals surface area contributed by atoms with Gasteiger partial charge in [-0.15, -0.1) is 0 Å². The van der Waals surface area contributed by atoms with E-state index in [2.05, 4.69) is 75.4 Å². The number of nitrogens with one attached hydrogen (secondary N) is 1. The van der Waals surface area contributed by atoms with Gasteiger partial charge in [0.1, 0.15) is 0 Å². The second kappa shape index (κ2) is 9.15. The van der Waals surface area contributed by atoms with Gasteiger partial charge in [-0.3, -0.25) is 0 Å². The Balaban J connectivity index is 2.65. The number of hydrogen-bond acceptors (Lipinski definition) is 2. The zero-order valence-corrected chi connectivity index (χ0v) is 13.9. The van der Waals surface area contributed by atoms with Gasteiger partial charge in [0.05, 0.1) is 0 Å². The minimum absolute atomic E-state index is 0.466. The summed E-state index contributed by atoms with van der Waals surface area (Å²) in [4.78, 5) is 2.38. The first-order valence-electron chi connectivity index (χ1n) is 8.08. The lowest BCUT2D eigenvalue weighted by atomic mass is 9.92. The van der Waals surface area contributed by atoms with Crippen molar-refractivity contribution in [2.45, 2.75) is 52.1 Å². The van der Waals surface area contributed by atoms with Crippen LogP contribution in [0.1, 0.15) is 51.6 Å². The molecule has 0 amide bonds. The second-order valence-corrected chi connectivity index (χ2v) is 5.89. The predicted molar refractivity (Wildman–Crippen MR) is 89.0 cm³/mol. The van der Waals surface area contributed by atoms with Crippen LogP contribution in [0.3, 0.4) is 0 Å². The Kier molecular flexibility index (Phi) is 7.86. The van der Waals surface area contributed by atoms with Gasteiger partial charge in [-0.25, -0.2) is 0 Å². The lowest BCUT2D eigenvalue weighted by Gasteiger charge is -2.33. The van der Waals surface area contributed by atoms with Gasteiger partial charge in [0.2, 0.25) is 0 Å². The fraction of sp³-hybridized carbons (Fsp3) is 0.667. The highest BCUT2D eigenvalue weighted by atomic mass is 15.1. The van der Waals surface area contributed by atoms with Crippen molar-refractivity contribution in [3.63, 3.8) is 0 Å². The number of nitrogens with zero attached hydrogens (tertiary/aromatic N) is 1. The summed E-state index contributed by atoms with van der Waals surface area (Å²) in [5.74, 6) is 0.769. The Morgan fingerprint density at radius 2 is 1.55 bits per heavy atom. The van der Waals surface area contributed by atoms with Crippen LogP contribution in [0, 0.1) is 5.92 Å². The molecule has 2 nitrogen and oxygen atoms in total. The molecule has 0 aliphatic carbocycles. The van der Waals surface area contributed by atoms with Crippen LogP contribution in [0.4, 0.5) is 0 Å². The number of likely N-dealkylation sites (N-methyl/N-ethyl adjacent to an activating group) is 1. The van der Waals surface area contributed by atoms with Crippen molar-refractivity contribution in [2.75, 3.05) is 20.6 Å². The van der Waals surface area contributed by atoms with E-state index in [1.807, 2.05) is 0 Å². The van der Waals surface area contributed by atoms with E-state index in [-0.39, 0.29) is 0 Å². The summed E-state index contributed by atoms with van der Waals surface area (Å²) in [6, 6.07) is 11.9. The van der Waals surface area contributed by atoms with Crippen LogP contribution < -0.4 is 5.32 Å². The molecule has 1 aromatic carbocycles. The summed E-state index contributed by atoms with van der Waals surface area (Å²) >= 11 is 0. The molecular weight excluding hydrogens is 244 g/mol. The molecule has 2 atom stereocenters. The molecule has 2 unspecified atom stereocenters. The lowest BCUT2D eigenvalue weighted by Crippen LogP contribution is -2.43. The number of rotatable bonds is 9. The average molecular weight is 276 g/mol. The summed E-state index contributed by atoms with van der Waals surface area (Å²) in [7, 11) is 4.41. The molecule has 0 saturated carbocycles. The highest BCUT2D eigenvalue weighted by molar-refractivity contribution is 5.18. The third-order valence-corrected chi connectivity index (χ3v) is 4.44. The molecule has 20 heavy (non-hydrogen) atoms. The van der Waals surface area contributed by atoms with E-state index in [9.17, 15) is 0 Å². The molecule has 114 valence electrons. The summed E-state index contributed by atoms with van der Waals surface area (Å²) in [6.07, 6.45) is 3.64. The lowest BCUT2D eigenvalue weighted by molar-refractivity contribution is 0.189. The van der Waals surface area contributed by atoms with Gasteiger partial charge in [0.15, 0.2) is 0 Å². The maximum atomic E-state index is 3.77. The molecule has 0 aliphatic heterocycles. The van der Waals surface area contributed by atoms with Gasteiger partial charge in [-0.05, 0) is 32.0 Å². The molecule has 1 N–H and O–H groups in total. The van der Waals surface area contributed by atoms with Crippen LogP contribution in [-0.4, -0.2) is 31.6 Å². The van der Waals surface area contributed by atoms with Crippen LogP contribution in [0.5, 0.6) is 0 Å². The van der Waals surface area contributed by atoms with Gasteiger partial charge < -0.3 is 10.2 Å². The standard InChI is InChI=1S/C18H32N2/c1-6-15(7-2)18(20(4)5)14-19-17(8-3)16-12-10-9-11-13-16/h9-13,15,17-19H,6-8,14H2,1-5H3. The fourth-order valence-electron chi connectivity index (χ4n) is 3.05. The first-order chi connectivity index (χ1) is 9.63. The van der Waals surface area contributed by atoms with Crippen LogP contribution in [-0.2, 0) is 0 Å². The first kappa shape index (κ1) is 17.2. The van der Waals surface area contributed by atoms with Crippen molar-refractivity contribution in [1.29, 1.82) is 0 Å². The van der Waals surface area contributed by atoms with Crippen LogP contribution >= 0.6 is 0 Å². The maximum Gasteiger partial charge on any atom is 0.0318 e. The fourth-order valence-corrected chi connectivity index (χ4v) is 3.05. The molecule has 0 bridgehead atoms. The van der Waals surface area contributed by atoms with E-state index in [0.717, 1.165) is 18.9 Å². The van der Waals surface area contributed by atoms with E-state index < -0.39 is 0 Å². The van der Waals surface area contributed by atoms with E-state index in [4.69, 9.17) is 0 Å². The molecule has 0 spiro atoms. The summed E-state index contributed by atoms with van der Waals surface area (Å²) in [5.41, 5.74) is 1.40. The maximum absolute atomic E-state index is 3.77. The molecule has 0 saturated heterocycles. The monoisotopic (exact) mass is 276 g/mol. The Morgan fingerprint density at radius 1 is 0.950 bits per heavy atom. The topological polar surface area (TPSA) is 15.3 Å². The minimum atomic E-state index is 0.466.